The molecular weight excluding hydrogens is 350 g/mol. The normalized spacial score (nSPS) is 13.6. The Labute approximate surface area is 173 Å². The fourth-order valence-corrected chi connectivity index (χ4v) is 4.58. The van der Waals surface area contributed by atoms with Gasteiger partial charge in [-0.15, -0.1) is 0 Å². The SMILES string of the molecule is CN(c1ccccc1)c1ccc(-c2ccc3c(c2)-c2ccccc2C3(C)C)cc1. The Morgan fingerprint density at radius 1 is 0.552 bits per heavy atom. The molecule has 0 radical (unpaired) electrons. The number of anilines is 2. The molecule has 1 heteroatoms. The molecule has 0 aromatic heterocycles. The van der Waals surface area contributed by atoms with E-state index in [1.807, 2.05) is 6.07 Å². The van der Waals surface area contributed by atoms with Gasteiger partial charge in [-0.25, -0.2) is 0 Å². The van der Waals surface area contributed by atoms with Crippen molar-refractivity contribution >= 4 is 11.4 Å². The number of para-hydroxylation sites is 1. The Kier molecular flexibility index (Phi) is 4.06. The van der Waals surface area contributed by atoms with Crippen LogP contribution in [0.3, 0.4) is 0 Å². The maximum absolute atomic E-state index is 2.36. The van der Waals surface area contributed by atoms with Gasteiger partial charge in [0.25, 0.3) is 0 Å². The molecule has 4 aromatic rings. The van der Waals surface area contributed by atoms with Gasteiger partial charge in [0.1, 0.15) is 0 Å². The van der Waals surface area contributed by atoms with Crippen LogP contribution in [0.5, 0.6) is 0 Å². The number of rotatable bonds is 3. The minimum Gasteiger partial charge on any atom is -0.345 e. The molecule has 0 N–H and O–H groups in total. The fourth-order valence-electron chi connectivity index (χ4n) is 4.58. The quantitative estimate of drug-likeness (QED) is 0.360. The lowest BCUT2D eigenvalue weighted by Gasteiger charge is -2.21. The van der Waals surface area contributed by atoms with Crippen molar-refractivity contribution in [1.29, 1.82) is 0 Å². The van der Waals surface area contributed by atoms with Crippen LogP contribution in [0.2, 0.25) is 0 Å². The van der Waals surface area contributed by atoms with E-state index in [9.17, 15) is 0 Å². The number of benzene rings is 4. The highest BCUT2D eigenvalue weighted by Gasteiger charge is 2.34. The maximum atomic E-state index is 2.36. The van der Waals surface area contributed by atoms with E-state index in [1.54, 1.807) is 0 Å². The lowest BCUT2D eigenvalue weighted by Crippen LogP contribution is -2.14. The molecule has 5 rings (SSSR count). The molecule has 0 spiro atoms. The van der Waals surface area contributed by atoms with Crippen molar-refractivity contribution in [2.45, 2.75) is 19.3 Å². The molecule has 1 aliphatic rings. The highest BCUT2D eigenvalue weighted by molar-refractivity contribution is 5.84. The van der Waals surface area contributed by atoms with Crippen LogP contribution in [0.25, 0.3) is 22.3 Å². The molecule has 29 heavy (non-hydrogen) atoms. The Morgan fingerprint density at radius 2 is 1.14 bits per heavy atom. The van der Waals surface area contributed by atoms with Crippen LogP contribution in [0.15, 0.2) is 97.1 Å². The third kappa shape index (κ3) is 2.86. The predicted octanol–water partition coefficient (Wildman–Crippen LogP) is 7.43. The summed E-state index contributed by atoms with van der Waals surface area (Å²) in [7, 11) is 2.11. The monoisotopic (exact) mass is 375 g/mol. The third-order valence-corrected chi connectivity index (χ3v) is 6.31. The van der Waals surface area contributed by atoms with Gasteiger partial charge in [-0.1, -0.05) is 80.6 Å². The third-order valence-electron chi connectivity index (χ3n) is 6.31. The van der Waals surface area contributed by atoms with Gasteiger partial charge in [-0.2, -0.15) is 0 Å². The van der Waals surface area contributed by atoms with Crippen molar-refractivity contribution in [1.82, 2.24) is 0 Å². The van der Waals surface area contributed by atoms with E-state index in [4.69, 9.17) is 0 Å². The van der Waals surface area contributed by atoms with Crippen LogP contribution in [0.4, 0.5) is 11.4 Å². The van der Waals surface area contributed by atoms with Gasteiger partial charge >= 0.3 is 0 Å². The van der Waals surface area contributed by atoms with Crippen LogP contribution in [0.1, 0.15) is 25.0 Å². The van der Waals surface area contributed by atoms with Gasteiger partial charge in [0.05, 0.1) is 0 Å². The van der Waals surface area contributed by atoms with Crippen molar-refractivity contribution in [3.63, 3.8) is 0 Å². The van der Waals surface area contributed by atoms with Gasteiger partial charge in [0.15, 0.2) is 0 Å². The summed E-state index contributed by atoms with van der Waals surface area (Å²) < 4.78 is 0. The van der Waals surface area contributed by atoms with E-state index in [1.165, 1.54) is 44.8 Å². The summed E-state index contributed by atoms with van der Waals surface area (Å²) >= 11 is 0. The van der Waals surface area contributed by atoms with Crippen LogP contribution in [0, 0.1) is 0 Å². The molecule has 1 nitrogen and oxygen atoms in total. The van der Waals surface area contributed by atoms with Crippen LogP contribution in [-0.2, 0) is 5.41 Å². The van der Waals surface area contributed by atoms with Crippen molar-refractivity contribution in [3.05, 3.63) is 108 Å². The average Bonchev–Trinajstić information content (AvgIpc) is 3.01. The van der Waals surface area contributed by atoms with Crippen LogP contribution in [-0.4, -0.2) is 7.05 Å². The standard InChI is InChI=1S/C28H25N/c1-28(2)26-12-8-7-11-24(26)25-19-21(15-18-27(25)28)20-13-16-23(17-14-20)29(3)22-9-5-4-6-10-22/h4-19H,1-3H3. The number of nitrogens with zero attached hydrogens (tertiary/aromatic N) is 1. The van der Waals surface area contributed by atoms with E-state index >= 15 is 0 Å². The number of fused-ring (bicyclic) bond motifs is 3. The minimum atomic E-state index is 0.0622. The summed E-state index contributed by atoms with van der Waals surface area (Å²) in [6, 6.07) is 35.1. The second-order valence-corrected chi connectivity index (χ2v) is 8.37. The van der Waals surface area contributed by atoms with E-state index in [-0.39, 0.29) is 5.41 Å². The fraction of sp³-hybridized carbons (Fsp3) is 0.143. The highest BCUT2D eigenvalue weighted by atomic mass is 15.1. The van der Waals surface area contributed by atoms with Gasteiger partial charge in [0.2, 0.25) is 0 Å². The zero-order chi connectivity index (χ0) is 20.0. The molecule has 1 aliphatic carbocycles. The van der Waals surface area contributed by atoms with Crippen molar-refractivity contribution < 1.29 is 0 Å². The summed E-state index contributed by atoms with van der Waals surface area (Å²) in [4.78, 5) is 2.21. The Hall–Kier alpha value is -3.32. The molecule has 0 unspecified atom stereocenters. The summed E-state index contributed by atoms with van der Waals surface area (Å²) in [6.07, 6.45) is 0. The lowest BCUT2D eigenvalue weighted by atomic mass is 9.82. The van der Waals surface area contributed by atoms with Gasteiger partial charge < -0.3 is 4.90 Å². The molecule has 4 aromatic carbocycles. The Bertz CT molecular complexity index is 1170. The first-order valence-electron chi connectivity index (χ1n) is 10.2. The molecule has 0 bridgehead atoms. The molecule has 0 saturated carbocycles. The second-order valence-electron chi connectivity index (χ2n) is 8.37. The van der Waals surface area contributed by atoms with Crippen molar-refractivity contribution in [2.75, 3.05) is 11.9 Å². The molecule has 0 atom stereocenters. The predicted molar refractivity (Wildman–Crippen MR) is 124 cm³/mol. The van der Waals surface area contributed by atoms with Gasteiger partial charge in [0, 0.05) is 23.8 Å². The summed E-state index contributed by atoms with van der Waals surface area (Å²) in [6.45, 7) is 4.65. The maximum Gasteiger partial charge on any atom is 0.0408 e. The molecular formula is C28H25N. The smallest absolute Gasteiger partial charge is 0.0408 e. The zero-order valence-electron chi connectivity index (χ0n) is 17.2. The number of hydrogen-bond acceptors (Lipinski definition) is 1. The molecule has 0 heterocycles. The van der Waals surface area contributed by atoms with Crippen LogP contribution >= 0.6 is 0 Å². The first kappa shape index (κ1) is 17.8. The van der Waals surface area contributed by atoms with Gasteiger partial charge in [-0.3, -0.25) is 0 Å². The molecule has 0 saturated heterocycles. The topological polar surface area (TPSA) is 3.24 Å². The minimum absolute atomic E-state index is 0.0622. The highest BCUT2D eigenvalue weighted by Crippen LogP contribution is 2.49. The molecule has 142 valence electrons. The van der Waals surface area contributed by atoms with E-state index in [0.29, 0.717) is 0 Å². The molecule has 0 fully saturated rings. The van der Waals surface area contributed by atoms with E-state index in [0.717, 1.165) is 0 Å². The summed E-state index contributed by atoms with van der Waals surface area (Å²) in [5, 5.41) is 0. The first-order valence-corrected chi connectivity index (χ1v) is 10.2. The van der Waals surface area contributed by atoms with E-state index < -0.39 is 0 Å². The average molecular weight is 376 g/mol. The largest absolute Gasteiger partial charge is 0.345 e. The molecule has 0 amide bonds. The molecule has 0 aliphatic heterocycles. The van der Waals surface area contributed by atoms with Gasteiger partial charge in [-0.05, 0) is 63.7 Å². The van der Waals surface area contributed by atoms with Crippen molar-refractivity contribution in [2.24, 2.45) is 0 Å². The van der Waals surface area contributed by atoms with Crippen molar-refractivity contribution in [3.8, 4) is 22.3 Å². The number of hydrogen-bond donors (Lipinski definition) is 0. The second kappa shape index (κ2) is 6.63. The Balaban J connectivity index is 1.51. The Morgan fingerprint density at radius 3 is 1.90 bits per heavy atom. The zero-order valence-corrected chi connectivity index (χ0v) is 17.2. The van der Waals surface area contributed by atoms with Crippen LogP contribution < -0.4 is 4.90 Å². The lowest BCUT2D eigenvalue weighted by molar-refractivity contribution is 0.660. The summed E-state index contributed by atoms with van der Waals surface area (Å²) in [5.41, 5.74) is 10.5. The van der Waals surface area contributed by atoms with E-state index in [2.05, 4.69) is 117 Å². The first-order chi connectivity index (χ1) is 14.1. The summed E-state index contributed by atoms with van der Waals surface area (Å²) in [5.74, 6) is 0.